The van der Waals surface area contributed by atoms with Gasteiger partial charge in [0.2, 0.25) is 0 Å². The number of anilines is 1. The van der Waals surface area contributed by atoms with E-state index in [1.165, 1.54) is 19.3 Å². The summed E-state index contributed by atoms with van der Waals surface area (Å²) >= 11 is 0. The SMILES string of the molecule is COCCNC(=O)c1ccc(NC(=O)NC23CC4CC(CC(C4)C2)C3)cc1. The van der Waals surface area contributed by atoms with Crippen LogP contribution >= 0.6 is 0 Å². The Kier molecular flexibility index (Phi) is 5.08. The molecule has 6 nitrogen and oxygen atoms in total. The van der Waals surface area contributed by atoms with E-state index in [0.717, 1.165) is 37.0 Å². The highest BCUT2D eigenvalue weighted by atomic mass is 16.5. The van der Waals surface area contributed by atoms with Crippen LogP contribution in [0.5, 0.6) is 0 Å². The van der Waals surface area contributed by atoms with Crippen molar-refractivity contribution in [3.8, 4) is 0 Å². The summed E-state index contributed by atoms with van der Waals surface area (Å²) in [5, 5.41) is 9.02. The molecule has 0 unspecified atom stereocenters. The number of nitrogens with one attached hydrogen (secondary N) is 3. The van der Waals surface area contributed by atoms with E-state index in [0.29, 0.717) is 24.4 Å². The maximum absolute atomic E-state index is 12.6. The molecule has 0 spiro atoms. The molecule has 4 saturated carbocycles. The van der Waals surface area contributed by atoms with E-state index in [1.807, 2.05) is 0 Å². The minimum atomic E-state index is -0.142. The Morgan fingerprint density at radius 1 is 1.04 bits per heavy atom. The third kappa shape index (κ3) is 4.10. The highest BCUT2D eigenvalue weighted by Crippen LogP contribution is 2.55. The van der Waals surface area contributed by atoms with Crippen molar-refractivity contribution in [3.63, 3.8) is 0 Å². The van der Waals surface area contributed by atoms with Crippen LogP contribution in [-0.4, -0.2) is 37.7 Å². The molecule has 0 heterocycles. The number of ether oxygens (including phenoxy) is 1. The second-order valence-corrected chi connectivity index (χ2v) is 8.60. The van der Waals surface area contributed by atoms with Crippen molar-refractivity contribution in [1.29, 1.82) is 0 Å². The van der Waals surface area contributed by atoms with Crippen LogP contribution < -0.4 is 16.0 Å². The number of rotatable bonds is 6. The lowest BCUT2D eigenvalue weighted by Crippen LogP contribution is -2.60. The van der Waals surface area contributed by atoms with Crippen molar-refractivity contribution in [2.75, 3.05) is 25.6 Å². The van der Waals surface area contributed by atoms with Crippen LogP contribution in [0.1, 0.15) is 48.9 Å². The number of methoxy groups -OCH3 is 1. The summed E-state index contributed by atoms with van der Waals surface area (Å²) in [7, 11) is 1.60. The Labute approximate surface area is 160 Å². The van der Waals surface area contributed by atoms with E-state index in [-0.39, 0.29) is 17.5 Å². The lowest BCUT2D eigenvalue weighted by Gasteiger charge is -2.56. The first-order valence-corrected chi connectivity index (χ1v) is 10.0. The number of benzene rings is 1. The van der Waals surface area contributed by atoms with E-state index < -0.39 is 0 Å². The van der Waals surface area contributed by atoms with Gasteiger partial charge in [-0.1, -0.05) is 0 Å². The average Bonchev–Trinajstić information content (AvgIpc) is 2.60. The van der Waals surface area contributed by atoms with Crippen LogP contribution in [0.4, 0.5) is 10.5 Å². The van der Waals surface area contributed by atoms with Gasteiger partial charge in [0, 0.05) is 30.4 Å². The van der Waals surface area contributed by atoms with Gasteiger partial charge in [-0.15, -0.1) is 0 Å². The molecule has 4 bridgehead atoms. The monoisotopic (exact) mass is 371 g/mol. The molecule has 0 saturated heterocycles. The zero-order chi connectivity index (χ0) is 18.9. The van der Waals surface area contributed by atoms with Crippen LogP contribution in [0, 0.1) is 17.8 Å². The van der Waals surface area contributed by atoms with E-state index >= 15 is 0 Å². The third-order valence-electron chi connectivity index (χ3n) is 6.41. The average molecular weight is 371 g/mol. The number of urea groups is 1. The Hall–Kier alpha value is -2.08. The zero-order valence-corrected chi connectivity index (χ0v) is 15.9. The van der Waals surface area contributed by atoms with E-state index in [9.17, 15) is 9.59 Å². The predicted octanol–water partition coefficient (Wildman–Crippen LogP) is 3.15. The molecule has 0 aliphatic heterocycles. The summed E-state index contributed by atoms with van der Waals surface area (Å²) in [4.78, 5) is 24.6. The third-order valence-corrected chi connectivity index (χ3v) is 6.41. The van der Waals surface area contributed by atoms with Crippen molar-refractivity contribution in [2.24, 2.45) is 17.8 Å². The number of carbonyl (C=O) groups is 2. The van der Waals surface area contributed by atoms with Crippen LogP contribution in [-0.2, 0) is 4.74 Å². The number of hydrogen-bond acceptors (Lipinski definition) is 3. The molecule has 1 aromatic rings. The summed E-state index contributed by atoms with van der Waals surface area (Å²) in [6.07, 6.45) is 7.47. The molecule has 6 heteroatoms. The molecule has 4 aliphatic rings. The molecular formula is C21H29N3O3. The van der Waals surface area contributed by atoms with Crippen LogP contribution in [0.2, 0.25) is 0 Å². The molecule has 3 amide bonds. The summed E-state index contributed by atoms with van der Waals surface area (Å²) in [5.74, 6) is 2.25. The van der Waals surface area contributed by atoms with Gasteiger partial charge in [0.05, 0.1) is 6.61 Å². The fourth-order valence-electron chi connectivity index (χ4n) is 5.74. The first kappa shape index (κ1) is 18.3. The molecular weight excluding hydrogens is 342 g/mol. The number of hydrogen-bond donors (Lipinski definition) is 3. The normalized spacial score (nSPS) is 30.8. The van der Waals surface area contributed by atoms with Crippen LogP contribution in [0.3, 0.4) is 0 Å². The lowest BCUT2D eigenvalue weighted by atomic mass is 9.53. The maximum Gasteiger partial charge on any atom is 0.319 e. The van der Waals surface area contributed by atoms with Gasteiger partial charge in [-0.2, -0.15) is 0 Å². The summed E-state index contributed by atoms with van der Waals surface area (Å²) < 4.78 is 4.92. The van der Waals surface area contributed by atoms with Crippen LogP contribution in [0.15, 0.2) is 24.3 Å². The summed E-state index contributed by atoms with van der Waals surface area (Å²) in [6.45, 7) is 0.957. The van der Waals surface area contributed by atoms with Crippen molar-refractivity contribution >= 4 is 17.6 Å². The second kappa shape index (κ2) is 7.50. The molecule has 0 atom stereocenters. The van der Waals surface area contributed by atoms with E-state index in [1.54, 1.807) is 31.4 Å². The zero-order valence-electron chi connectivity index (χ0n) is 15.9. The standard InChI is InChI=1S/C21H29N3O3/c1-27-7-6-22-19(25)17-2-4-18(5-3-17)23-20(26)24-21-11-14-8-15(12-21)10-16(9-14)13-21/h2-5,14-16H,6-13H2,1H3,(H,22,25)(H2,23,24,26). The fourth-order valence-corrected chi connectivity index (χ4v) is 5.74. The van der Waals surface area contributed by atoms with E-state index in [4.69, 9.17) is 4.74 Å². The first-order valence-electron chi connectivity index (χ1n) is 10.0. The largest absolute Gasteiger partial charge is 0.383 e. The van der Waals surface area contributed by atoms with Gasteiger partial charge in [-0.3, -0.25) is 4.79 Å². The van der Waals surface area contributed by atoms with Crippen molar-refractivity contribution in [2.45, 2.75) is 44.1 Å². The van der Waals surface area contributed by atoms with Crippen molar-refractivity contribution < 1.29 is 14.3 Å². The first-order chi connectivity index (χ1) is 13.0. The van der Waals surface area contributed by atoms with Gasteiger partial charge in [-0.25, -0.2) is 4.79 Å². The number of amides is 3. The number of carbonyl (C=O) groups excluding carboxylic acids is 2. The molecule has 27 heavy (non-hydrogen) atoms. The van der Waals surface area contributed by atoms with Gasteiger partial charge >= 0.3 is 6.03 Å². The molecule has 4 aliphatic carbocycles. The van der Waals surface area contributed by atoms with Gasteiger partial charge < -0.3 is 20.7 Å². The molecule has 1 aromatic carbocycles. The van der Waals surface area contributed by atoms with Gasteiger partial charge in [0.15, 0.2) is 0 Å². The Morgan fingerprint density at radius 2 is 1.63 bits per heavy atom. The minimum absolute atomic E-state index is 0.00000853. The van der Waals surface area contributed by atoms with Crippen molar-refractivity contribution in [1.82, 2.24) is 10.6 Å². The lowest BCUT2D eigenvalue weighted by molar-refractivity contribution is -0.0127. The second-order valence-electron chi connectivity index (χ2n) is 8.60. The quantitative estimate of drug-likeness (QED) is 0.672. The molecule has 4 fully saturated rings. The highest BCUT2D eigenvalue weighted by Gasteiger charge is 2.51. The van der Waals surface area contributed by atoms with Gasteiger partial charge in [0.1, 0.15) is 0 Å². The topological polar surface area (TPSA) is 79.5 Å². The van der Waals surface area contributed by atoms with Crippen molar-refractivity contribution in [3.05, 3.63) is 29.8 Å². The summed E-state index contributed by atoms with van der Waals surface area (Å²) in [5.41, 5.74) is 1.27. The Balaban J connectivity index is 1.31. The Bertz CT molecular complexity index is 666. The molecule has 146 valence electrons. The fraction of sp³-hybridized carbons (Fsp3) is 0.619. The van der Waals surface area contributed by atoms with E-state index in [2.05, 4.69) is 16.0 Å². The molecule has 0 aromatic heterocycles. The highest BCUT2D eigenvalue weighted by molar-refractivity contribution is 5.95. The van der Waals surface area contributed by atoms with Gasteiger partial charge in [0.25, 0.3) is 5.91 Å². The molecule has 5 rings (SSSR count). The molecule has 0 radical (unpaired) electrons. The Morgan fingerprint density at radius 3 is 2.19 bits per heavy atom. The maximum atomic E-state index is 12.6. The van der Waals surface area contributed by atoms with Gasteiger partial charge in [-0.05, 0) is 80.5 Å². The minimum Gasteiger partial charge on any atom is -0.383 e. The predicted molar refractivity (Wildman–Crippen MR) is 104 cm³/mol. The molecule has 3 N–H and O–H groups in total. The summed E-state index contributed by atoms with van der Waals surface area (Å²) in [6, 6.07) is 6.86. The smallest absolute Gasteiger partial charge is 0.319 e. The van der Waals surface area contributed by atoms with Crippen LogP contribution in [0.25, 0.3) is 0 Å².